The first-order valence-electron chi connectivity index (χ1n) is 6.19. The summed E-state index contributed by atoms with van der Waals surface area (Å²) in [4.78, 5) is 11.6. The highest BCUT2D eigenvalue weighted by molar-refractivity contribution is 6.58. The molecule has 0 aliphatic rings. The summed E-state index contributed by atoms with van der Waals surface area (Å²) in [7, 11) is -1.77. The molecule has 3 N–H and O–H groups in total. The van der Waals surface area contributed by atoms with E-state index in [1.54, 1.807) is 12.1 Å². The summed E-state index contributed by atoms with van der Waals surface area (Å²) in [5.74, 6) is -0.780. The Morgan fingerprint density at radius 1 is 1.19 bits per heavy atom. The zero-order chi connectivity index (χ0) is 15.2. The van der Waals surface area contributed by atoms with E-state index in [9.17, 15) is 9.18 Å². The first-order chi connectivity index (χ1) is 10.1. The van der Waals surface area contributed by atoms with E-state index < -0.39 is 19.0 Å². The van der Waals surface area contributed by atoms with Crippen molar-refractivity contribution in [3.05, 3.63) is 59.9 Å². The average molecular weight is 289 g/mol. The molecular weight excluding hydrogens is 276 g/mol. The number of benzene rings is 2. The van der Waals surface area contributed by atoms with Gasteiger partial charge in [-0.15, -0.1) is 0 Å². The number of rotatable bonds is 4. The zero-order valence-corrected chi connectivity index (χ0v) is 11.0. The summed E-state index contributed by atoms with van der Waals surface area (Å²) in [5.41, 5.74) is 0.708. The minimum Gasteiger partial charge on any atom is -0.444 e. The number of carbonyl (C=O) groups is 1. The van der Waals surface area contributed by atoms with Crippen molar-refractivity contribution in [1.82, 2.24) is 0 Å². The predicted molar refractivity (Wildman–Crippen MR) is 76.5 cm³/mol. The van der Waals surface area contributed by atoms with E-state index in [1.165, 1.54) is 12.1 Å². The predicted octanol–water partition coefficient (Wildman–Crippen LogP) is 1.25. The Balaban J connectivity index is 1.93. The number of hydrogen-bond acceptors (Lipinski definition) is 4. The fraction of sp³-hybridized carbons (Fsp3) is 0.0714. The second-order valence-electron chi connectivity index (χ2n) is 4.30. The van der Waals surface area contributed by atoms with Crippen LogP contribution in [0.5, 0.6) is 0 Å². The van der Waals surface area contributed by atoms with Gasteiger partial charge in [-0.1, -0.05) is 36.4 Å². The summed E-state index contributed by atoms with van der Waals surface area (Å²) >= 11 is 0. The molecule has 108 valence electrons. The summed E-state index contributed by atoms with van der Waals surface area (Å²) in [5, 5.41) is 20.1. The van der Waals surface area contributed by atoms with Crippen molar-refractivity contribution in [2.75, 3.05) is 5.32 Å². The monoisotopic (exact) mass is 289 g/mol. The van der Waals surface area contributed by atoms with Crippen molar-refractivity contribution in [1.29, 1.82) is 0 Å². The van der Waals surface area contributed by atoms with Crippen LogP contribution in [0.25, 0.3) is 0 Å². The van der Waals surface area contributed by atoms with Gasteiger partial charge in [-0.2, -0.15) is 0 Å². The van der Waals surface area contributed by atoms with E-state index in [0.717, 1.165) is 11.6 Å². The lowest BCUT2D eigenvalue weighted by molar-refractivity contribution is 0.155. The Morgan fingerprint density at radius 3 is 2.52 bits per heavy atom. The first-order valence-corrected chi connectivity index (χ1v) is 6.19. The number of ether oxygens (including phenoxy) is 1. The summed E-state index contributed by atoms with van der Waals surface area (Å²) in [6.45, 7) is 0.0712. The van der Waals surface area contributed by atoms with Gasteiger partial charge in [0.2, 0.25) is 0 Å². The summed E-state index contributed by atoms with van der Waals surface area (Å²) in [6, 6.07) is 12.5. The molecule has 0 spiro atoms. The smallest absolute Gasteiger partial charge is 0.444 e. The Morgan fingerprint density at radius 2 is 1.90 bits per heavy atom. The number of carbonyl (C=O) groups excluding carboxylic acids is 1. The van der Waals surface area contributed by atoms with Crippen LogP contribution in [0.3, 0.4) is 0 Å². The lowest BCUT2D eigenvalue weighted by Crippen LogP contribution is -2.30. The van der Waals surface area contributed by atoms with Crippen LogP contribution in [0, 0.1) is 5.82 Å². The molecule has 2 aromatic carbocycles. The Kier molecular flexibility index (Phi) is 4.92. The van der Waals surface area contributed by atoms with E-state index in [1.807, 2.05) is 18.2 Å². The van der Waals surface area contributed by atoms with Crippen molar-refractivity contribution in [2.45, 2.75) is 6.61 Å². The first kappa shape index (κ1) is 15.0. The largest absolute Gasteiger partial charge is 0.488 e. The number of anilines is 1. The Bertz CT molecular complexity index is 622. The quantitative estimate of drug-likeness (QED) is 0.740. The molecule has 2 rings (SSSR count). The third kappa shape index (κ3) is 4.30. The van der Waals surface area contributed by atoms with Crippen LogP contribution < -0.4 is 10.8 Å². The maximum atomic E-state index is 13.6. The number of hydrogen-bond donors (Lipinski definition) is 3. The molecule has 7 heteroatoms. The Hall–Kier alpha value is -2.38. The van der Waals surface area contributed by atoms with Gasteiger partial charge in [-0.3, -0.25) is 5.32 Å². The highest BCUT2D eigenvalue weighted by Gasteiger charge is 2.15. The van der Waals surface area contributed by atoms with E-state index in [0.29, 0.717) is 0 Å². The zero-order valence-electron chi connectivity index (χ0n) is 11.0. The summed E-state index contributed by atoms with van der Waals surface area (Å²) in [6.07, 6.45) is -0.796. The topological polar surface area (TPSA) is 78.8 Å². The normalized spacial score (nSPS) is 10.0. The van der Waals surface area contributed by atoms with Crippen molar-refractivity contribution in [3.8, 4) is 0 Å². The standard InChI is InChI=1S/C14H13BFNO4/c16-12-8-11(15(19)20)6-7-13(12)17-14(18)21-9-10-4-2-1-3-5-10/h1-8,19-20H,9H2,(H,17,18). The molecule has 21 heavy (non-hydrogen) atoms. The molecule has 0 aliphatic heterocycles. The maximum absolute atomic E-state index is 13.6. The molecule has 0 bridgehead atoms. The second-order valence-corrected chi connectivity index (χ2v) is 4.30. The average Bonchev–Trinajstić information content (AvgIpc) is 2.48. The molecule has 0 heterocycles. The Labute approximate surface area is 121 Å². The van der Waals surface area contributed by atoms with E-state index in [-0.39, 0.29) is 17.8 Å². The fourth-order valence-electron chi connectivity index (χ4n) is 1.66. The van der Waals surface area contributed by atoms with Crippen LogP contribution in [-0.2, 0) is 11.3 Å². The van der Waals surface area contributed by atoms with Gasteiger partial charge in [0, 0.05) is 0 Å². The molecule has 0 fully saturated rings. The molecule has 0 saturated heterocycles. The third-order valence-electron chi connectivity index (χ3n) is 2.74. The summed E-state index contributed by atoms with van der Waals surface area (Å²) < 4.78 is 18.6. The van der Waals surface area contributed by atoms with Crippen molar-refractivity contribution >= 4 is 24.4 Å². The third-order valence-corrected chi connectivity index (χ3v) is 2.74. The second kappa shape index (κ2) is 6.87. The van der Waals surface area contributed by atoms with Gasteiger partial charge in [-0.05, 0) is 23.2 Å². The molecule has 1 amide bonds. The van der Waals surface area contributed by atoms with Crippen LogP contribution >= 0.6 is 0 Å². The molecule has 0 unspecified atom stereocenters. The molecule has 5 nitrogen and oxygen atoms in total. The lowest BCUT2D eigenvalue weighted by Gasteiger charge is -2.09. The minimum atomic E-state index is -1.77. The minimum absolute atomic E-state index is 0.00398. The molecular formula is C14H13BFNO4. The molecule has 0 saturated carbocycles. The lowest BCUT2D eigenvalue weighted by atomic mass is 9.80. The fourth-order valence-corrected chi connectivity index (χ4v) is 1.66. The highest BCUT2D eigenvalue weighted by atomic mass is 19.1. The van der Waals surface area contributed by atoms with E-state index in [4.69, 9.17) is 14.8 Å². The van der Waals surface area contributed by atoms with Crippen LogP contribution in [0.1, 0.15) is 5.56 Å². The van der Waals surface area contributed by atoms with Crippen LogP contribution in [0.4, 0.5) is 14.9 Å². The van der Waals surface area contributed by atoms with E-state index in [2.05, 4.69) is 5.32 Å². The van der Waals surface area contributed by atoms with Gasteiger partial charge in [0.15, 0.2) is 0 Å². The molecule has 0 atom stereocenters. The van der Waals surface area contributed by atoms with Gasteiger partial charge in [0.1, 0.15) is 12.4 Å². The van der Waals surface area contributed by atoms with E-state index >= 15 is 0 Å². The van der Waals surface area contributed by atoms with Crippen molar-refractivity contribution in [3.63, 3.8) is 0 Å². The number of nitrogens with one attached hydrogen (secondary N) is 1. The molecule has 2 aromatic rings. The molecule has 0 aliphatic carbocycles. The van der Waals surface area contributed by atoms with Crippen LogP contribution in [0.2, 0.25) is 0 Å². The van der Waals surface area contributed by atoms with Gasteiger partial charge in [-0.25, -0.2) is 9.18 Å². The van der Waals surface area contributed by atoms with Crippen molar-refractivity contribution < 1.29 is 24.0 Å². The van der Waals surface area contributed by atoms with Gasteiger partial charge < -0.3 is 14.8 Å². The van der Waals surface area contributed by atoms with Crippen LogP contribution in [-0.4, -0.2) is 23.3 Å². The van der Waals surface area contributed by atoms with Crippen LogP contribution in [0.15, 0.2) is 48.5 Å². The highest BCUT2D eigenvalue weighted by Crippen LogP contribution is 2.12. The number of amides is 1. The van der Waals surface area contributed by atoms with Gasteiger partial charge in [0.05, 0.1) is 5.69 Å². The number of halogens is 1. The molecule has 0 aromatic heterocycles. The molecule has 0 radical (unpaired) electrons. The SMILES string of the molecule is O=C(Nc1ccc(B(O)O)cc1F)OCc1ccccc1. The maximum Gasteiger partial charge on any atom is 0.488 e. The van der Waals surface area contributed by atoms with Crippen molar-refractivity contribution in [2.24, 2.45) is 0 Å². The van der Waals surface area contributed by atoms with Gasteiger partial charge >= 0.3 is 13.2 Å². The van der Waals surface area contributed by atoms with Gasteiger partial charge in [0.25, 0.3) is 0 Å².